The number of aromatic nitrogens is 1. The fourth-order valence-electron chi connectivity index (χ4n) is 1.92. The first-order valence-electron chi connectivity index (χ1n) is 5.93. The second-order valence-electron chi connectivity index (χ2n) is 4.17. The number of esters is 1. The van der Waals surface area contributed by atoms with Crippen molar-refractivity contribution in [2.24, 2.45) is 0 Å². The van der Waals surface area contributed by atoms with Gasteiger partial charge in [0, 0.05) is 5.56 Å². The molecule has 0 atom stereocenters. The molecule has 0 unspecified atom stereocenters. The van der Waals surface area contributed by atoms with Crippen LogP contribution in [0.15, 0.2) is 42.5 Å². The summed E-state index contributed by atoms with van der Waals surface area (Å²) in [5, 5.41) is 1.51. The average Bonchev–Trinajstić information content (AvgIpc) is 2.89. The fourth-order valence-corrected chi connectivity index (χ4v) is 3.24. The molecule has 0 saturated heterocycles. The summed E-state index contributed by atoms with van der Waals surface area (Å²) in [5.74, 6) is -0.348. The van der Waals surface area contributed by atoms with Gasteiger partial charge in [0.15, 0.2) is 0 Å². The maximum atomic E-state index is 11.5. The maximum Gasteiger partial charge on any atom is 0.337 e. The van der Waals surface area contributed by atoms with Gasteiger partial charge < -0.3 is 4.74 Å². The van der Waals surface area contributed by atoms with E-state index in [1.54, 1.807) is 12.1 Å². The van der Waals surface area contributed by atoms with Crippen LogP contribution in [0, 0.1) is 0 Å². The highest BCUT2D eigenvalue weighted by atomic mass is 35.5. The van der Waals surface area contributed by atoms with Gasteiger partial charge in [0.1, 0.15) is 5.01 Å². The molecule has 0 bridgehead atoms. The third kappa shape index (κ3) is 2.28. The van der Waals surface area contributed by atoms with Gasteiger partial charge in [-0.25, -0.2) is 9.78 Å². The predicted octanol–water partition coefficient (Wildman–Crippen LogP) is 4.40. The van der Waals surface area contributed by atoms with Crippen LogP contribution in [0.4, 0.5) is 0 Å². The first-order chi connectivity index (χ1) is 9.69. The van der Waals surface area contributed by atoms with Crippen molar-refractivity contribution >= 4 is 39.1 Å². The molecule has 0 aliphatic carbocycles. The van der Waals surface area contributed by atoms with Crippen molar-refractivity contribution in [1.82, 2.24) is 4.98 Å². The first-order valence-corrected chi connectivity index (χ1v) is 7.12. The van der Waals surface area contributed by atoms with Crippen molar-refractivity contribution in [1.29, 1.82) is 0 Å². The summed E-state index contributed by atoms with van der Waals surface area (Å²) in [7, 11) is 1.37. The number of carbonyl (C=O) groups excluding carboxylic acids is 1. The van der Waals surface area contributed by atoms with Crippen LogP contribution in [0.1, 0.15) is 10.4 Å². The van der Waals surface area contributed by atoms with Crippen LogP contribution >= 0.6 is 22.9 Å². The van der Waals surface area contributed by atoms with Crippen LogP contribution in [0.3, 0.4) is 0 Å². The number of methoxy groups -OCH3 is 1. The quantitative estimate of drug-likeness (QED) is 0.659. The number of benzene rings is 2. The van der Waals surface area contributed by atoms with Gasteiger partial charge in [0.2, 0.25) is 0 Å². The molecule has 3 aromatic rings. The molecule has 2 aromatic carbocycles. The van der Waals surface area contributed by atoms with Gasteiger partial charge in [-0.1, -0.05) is 29.8 Å². The van der Waals surface area contributed by atoms with Crippen LogP contribution in [-0.4, -0.2) is 18.1 Å². The minimum absolute atomic E-state index is 0.348. The van der Waals surface area contributed by atoms with E-state index in [1.165, 1.54) is 18.4 Å². The zero-order valence-corrected chi connectivity index (χ0v) is 12.2. The minimum atomic E-state index is -0.348. The number of ether oxygens (including phenoxy) is 1. The summed E-state index contributed by atoms with van der Waals surface area (Å²) in [6.45, 7) is 0. The Labute approximate surface area is 124 Å². The second-order valence-corrected chi connectivity index (χ2v) is 5.61. The van der Waals surface area contributed by atoms with Crippen LogP contribution in [0.5, 0.6) is 0 Å². The molecule has 0 spiro atoms. The summed E-state index contributed by atoms with van der Waals surface area (Å²) < 4.78 is 5.65. The van der Waals surface area contributed by atoms with Crippen LogP contribution in [0.25, 0.3) is 20.8 Å². The number of halogens is 1. The molecular weight excluding hydrogens is 294 g/mol. The molecule has 0 aliphatic heterocycles. The smallest absolute Gasteiger partial charge is 0.337 e. The highest BCUT2D eigenvalue weighted by Crippen LogP contribution is 2.34. The van der Waals surface area contributed by atoms with Gasteiger partial charge in [0.05, 0.1) is 27.9 Å². The maximum absolute atomic E-state index is 11.5. The summed E-state index contributed by atoms with van der Waals surface area (Å²) >= 11 is 7.69. The molecule has 0 N–H and O–H groups in total. The summed E-state index contributed by atoms with van der Waals surface area (Å²) in [5.41, 5.74) is 2.27. The number of carbonyl (C=O) groups is 1. The van der Waals surface area contributed by atoms with E-state index in [4.69, 9.17) is 16.3 Å². The SMILES string of the molecule is COC(=O)c1ccc2nc(-c3ccccc3Cl)sc2c1. The van der Waals surface area contributed by atoms with Crippen molar-refractivity contribution in [3.63, 3.8) is 0 Å². The number of hydrogen-bond donors (Lipinski definition) is 0. The molecule has 1 heterocycles. The van der Waals surface area contributed by atoms with Crippen molar-refractivity contribution in [3.05, 3.63) is 53.1 Å². The van der Waals surface area contributed by atoms with Crippen molar-refractivity contribution in [2.75, 3.05) is 7.11 Å². The van der Waals surface area contributed by atoms with E-state index in [2.05, 4.69) is 4.98 Å². The fraction of sp³-hybridized carbons (Fsp3) is 0.0667. The predicted molar refractivity (Wildman–Crippen MR) is 81.4 cm³/mol. The number of nitrogens with zero attached hydrogens (tertiary/aromatic N) is 1. The van der Waals surface area contributed by atoms with Crippen LogP contribution in [-0.2, 0) is 4.74 Å². The lowest BCUT2D eigenvalue weighted by Gasteiger charge is -1.97. The Morgan fingerprint density at radius 1 is 1.25 bits per heavy atom. The Balaban J connectivity index is 2.12. The van der Waals surface area contributed by atoms with Gasteiger partial charge in [0.25, 0.3) is 0 Å². The van der Waals surface area contributed by atoms with Gasteiger partial charge in [-0.15, -0.1) is 11.3 Å². The van der Waals surface area contributed by atoms with E-state index in [1.807, 2.05) is 30.3 Å². The Hall–Kier alpha value is -1.91. The topological polar surface area (TPSA) is 39.2 Å². The third-order valence-corrected chi connectivity index (χ3v) is 4.29. The summed E-state index contributed by atoms with van der Waals surface area (Å²) in [4.78, 5) is 16.1. The highest BCUT2D eigenvalue weighted by molar-refractivity contribution is 7.21. The molecular formula is C15H10ClNO2S. The number of fused-ring (bicyclic) bond motifs is 1. The molecule has 0 aliphatic rings. The molecule has 0 fully saturated rings. The Bertz CT molecular complexity index is 797. The van der Waals surface area contributed by atoms with E-state index < -0.39 is 0 Å². The molecule has 3 rings (SSSR count). The number of hydrogen-bond acceptors (Lipinski definition) is 4. The van der Waals surface area contributed by atoms with E-state index >= 15 is 0 Å². The van der Waals surface area contributed by atoms with Gasteiger partial charge in [-0.3, -0.25) is 0 Å². The Kier molecular flexibility index (Phi) is 3.42. The zero-order chi connectivity index (χ0) is 14.1. The van der Waals surface area contributed by atoms with Gasteiger partial charge in [-0.2, -0.15) is 0 Å². The molecule has 0 amide bonds. The number of rotatable bonds is 2. The average molecular weight is 304 g/mol. The number of thiazole rings is 1. The summed E-state index contributed by atoms with van der Waals surface area (Å²) in [6.07, 6.45) is 0. The van der Waals surface area contributed by atoms with Crippen molar-refractivity contribution in [2.45, 2.75) is 0 Å². The first kappa shape index (κ1) is 13.1. The second kappa shape index (κ2) is 5.23. The van der Waals surface area contributed by atoms with Crippen molar-refractivity contribution in [3.8, 4) is 10.6 Å². The molecule has 100 valence electrons. The van der Waals surface area contributed by atoms with E-state index in [-0.39, 0.29) is 5.97 Å². The summed E-state index contributed by atoms with van der Waals surface area (Å²) in [6, 6.07) is 12.9. The van der Waals surface area contributed by atoms with Crippen LogP contribution < -0.4 is 0 Å². The highest BCUT2D eigenvalue weighted by Gasteiger charge is 2.12. The standard InChI is InChI=1S/C15H10ClNO2S/c1-19-15(18)9-6-7-12-13(8-9)20-14(17-12)10-4-2-3-5-11(10)16/h2-8H,1H3. The van der Waals surface area contributed by atoms with Crippen molar-refractivity contribution < 1.29 is 9.53 Å². The molecule has 20 heavy (non-hydrogen) atoms. The molecule has 3 nitrogen and oxygen atoms in total. The lowest BCUT2D eigenvalue weighted by molar-refractivity contribution is 0.0601. The van der Waals surface area contributed by atoms with Gasteiger partial charge >= 0.3 is 5.97 Å². The Morgan fingerprint density at radius 2 is 2.05 bits per heavy atom. The van der Waals surface area contributed by atoms with E-state index in [0.29, 0.717) is 10.6 Å². The largest absolute Gasteiger partial charge is 0.465 e. The Morgan fingerprint density at radius 3 is 2.80 bits per heavy atom. The lowest BCUT2D eigenvalue weighted by Crippen LogP contribution is -1.99. The van der Waals surface area contributed by atoms with Gasteiger partial charge in [-0.05, 0) is 24.3 Å². The molecule has 0 radical (unpaired) electrons. The lowest BCUT2D eigenvalue weighted by atomic mass is 10.2. The molecule has 0 saturated carbocycles. The zero-order valence-electron chi connectivity index (χ0n) is 10.6. The van der Waals surface area contributed by atoms with E-state index in [0.717, 1.165) is 20.8 Å². The normalized spacial score (nSPS) is 10.7. The van der Waals surface area contributed by atoms with E-state index in [9.17, 15) is 4.79 Å². The minimum Gasteiger partial charge on any atom is -0.465 e. The third-order valence-electron chi connectivity index (χ3n) is 2.91. The monoisotopic (exact) mass is 303 g/mol. The molecule has 1 aromatic heterocycles. The van der Waals surface area contributed by atoms with Crippen LogP contribution in [0.2, 0.25) is 5.02 Å². The molecule has 5 heteroatoms.